The van der Waals surface area contributed by atoms with E-state index in [4.69, 9.17) is 15.0 Å². The van der Waals surface area contributed by atoms with E-state index in [1.807, 2.05) is 12.1 Å². The predicted molar refractivity (Wildman–Crippen MR) is 173 cm³/mol. The van der Waals surface area contributed by atoms with Crippen molar-refractivity contribution in [1.29, 1.82) is 0 Å². The molecule has 0 aliphatic heterocycles. The Bertz CT molecular complexity index is 1710. The highest BCUT2D eigenvalue weighted by atomic mass is 32.9. The van der Waals surface area contributed by atoms with Crippen molar-refractivity contribution in [3.8, 4) is 63.4 Å². The van der Waals surface area contributed by atoms with E-state index in [-0.39, 0.29) is 0 Å². The molecule has 0 spiro atoms. The van der Waals surface area contributed by atoms with E-state index in [1.165, 1.54) is 0 Å². The zero-order chi connectivity index (χ0) is 26.0. The van der Waals surface area contributed by atoms with Gasteiger partial charge in [-0.25, -0.2) is 0 Å². The molecule has 0 fully saturated rings. The predicted octanol–water partition coefficient (Wildman–Crippen LogP) is 11.1. The molecule has 0 radical (unpaired) electrons. The number of aromatic nitrogens is 3. The number of hydrogen-bond donors (Lipinski definition) is 0. The maximum atomic E-state index is 4.96. The zero-order valence-corrected chi connectivity index (χ0v) is 25.1. The molecule has 186 valence electrons. The number of benzene rings is 4. The molecule has 9 heteroatoms. The third kappa shape index (κ3) is 5.34. The van der Waals surface area contributed by atoms with Gasteiger partial charge in [0.25, 0.3) is 0 Å². The van der Waals surface area contributed by atoms with Crippen molar-refractivity contribution >= 4 is 62.0 Å². The Hall–Kier alpha value is -3.18. The van der Waals surface area contributed by atoms with Crippen LogP contribution in [0.4, 0.5) is 0 Å². The molecule has 39 heavy (non-hydrogen) atoms. The van der Waals surface area contributed by atoms with Gasteiger partial charge in [0.1, 0.15) is 0 Å². The van der Waals surface area contributed by atoms with E-state index in [1.54, 1.807) is 62.0 Å². The Kier molecular flexibility index (Phi) is 7.09. The van der Waals surface area contributed by atoms with Gasteiger partial charge in [-0.1, -0.05) is 72.8 Å². The van der Waals surface area contributed by atoms with Gasteiger partial charge in [0, 0.05) is 16.7 Å². The number of hydrogen-bond acceptors (Lipinski definition) is 6. The first-order valence-electron chi connectivity index (χ1n) is 12.0. The second-order valence-corrected chi connectivity index (χ2v) is 14.9. The van der Waals surface area contributed by atoms with Crippen molar-refractivity contribution in [1.82, 2.24) is 15.0 Å². The van der Waals surface area contributed by atoms with Crippen LogP contribution in [0, 0.1) is 0 Å². The summed E-state index contributed by atoms with van der Waals surface area (Å²) in [4.78, 5) is 14.7. The molecule has 0 saturated carbocycles. The Balaban J connectivity index is 1.07. The SMILES string of the molecule is c1ccc(-c2nc(-c3ccc(-c4nc(-c5ccc(-c6nc(-c7ccccc7)[s+]s6)cc5)[s+]s4)cc3)s[s+]2)cc1. The van der Waals surface area contributed by atoms with Gasteiger partial charge in [0.2, 0.25) is 0 Å². The first-order chi connectivity index (χ1) is 19.3. The van der Waals surface area contributed by atoms with Crippen LogP contribution in [-0.4, -0.2) is 15.0 Å². The van der Waals surface area contributed by atoms with E-state index >= 15 is 0 Å². The van der Waals surface area contributed by atoms with Crippen LogP contribution in [0.15, 0.2) is 109 Å². The van der Waals surface area contributed by atoms with E-state index < -0.39 is 0 Å². The minimum Gasteiger partial charge on any atom is -0.175 e. The van der Waals surface area contributed by atoms with Crippen molar-refractivity contribution in [3.63, 3.8) is 0 Å². The van der Waals surface area contributed by atoms with Crippen LogP contribution >= 0.6 is 62.0 Å². The molecule has 7 rings (SSSR count). The lowest BCUT2D eigenvalue weighted by molar-refractivity contribution is 1.40. The van der Waals surface area contributed by atoms with Gasteiger partial charge in [-0.05, 0) is 36.4 Å². The molecule has 4 aromatic carbocycles. The lowest BCUT2D eigenvalue weighted by atomic mass is 10.1. The van der Waals surface area contributed by atoms with Crippen molar-refractivity contribution in [2.45, 2.75) is 0 Å². The molecular weight excluding hydrogens is 595 g/mol. The number of nitrogens with zero attached hydrogens (tertiary/aromatic N) is 3. The highest BCUT2D eigenvalue weighted by Gasteiger charge is 2.23. The van der Waals surface area contributed by atoms with Crippen molar-refractivity contribution in [2.24, 2.45) is 0 Å². The molecule has 0 bridgehead atoms. The molecular formula is C30H18N3S6+3. The monoisotopic (exact) mass is 612 g/mol. The van der Waals surface area contributed by atoms with Crippen LogP contribution in [0.1, 0.15) is 0 Å². The fourth-order valence-corrected chi connectivity index (χ4v) is 10.6. The minimum atomic E-state index is 1.03. The first kappa shape index (κ1) is 24.8. The van der Waals surface area contributed by atoms with E-state index in [9.17, 15) is 0 Å². The van der Waals surface area contributed by atoms with Gasteiger partial charge in [-0.2, -0.15) is 15.0 Å². The van der Waals surface area contributed by atoms with E-state index in [2.05, 4.69) is 97.1 Å². The minimum absolute atomic E-state index is 1.03. The average molecular weight is 613 g/mol. The second-order valence-electron chi connectivity index (χ2n) is 8.55. The molecule has 0 aliphatic rings. The molecule has 0 saturated heterocycles. The molecule has 7 aromatic rings. The fraction of sp³-hybridized carbons (Fsp3) is 0. The van der Waals surface area contributed by atoms with Gasteiger partial charge < -0.3 is 0 Å². The molecule has 0 N–H and O–H groups in total. The van der Waals surface area contributed by atoms with Crippen LogP contribution in [0.5, 0.6) is 0 Å². The smallest absolute Gasteiger partial charge is 0.175 e. The summed E-state index contributed by atoms with van der Waals surface area (Å²) in [7, 11) is 10.3. The summed E-state index contributed by atoms with van der Waals surface area (Å²) in [6, 6.07) is 37.9. The lowest BCUT2D eigenvalue weighted by Crippen LogP contribution is -1.82. The molecule has 0 aliphatic carbocycles. The maximum absolute atomic E-state index is 4.96. The molecule has 3 nitrogen and oxygen atoms in total. The van der Waals surface area contributed by atoms with Crippen LogP contribution in [0.25, 0.3) is 63.4 Å². The standard InChI is InChI=1S/C30H18N3S6/c1-3-7-19(8-4-1)25-31-27(36-34-25)21-11-15-23(16-12-21)29-33-30(39-38-29)24-17-13-22(14-18-24)28-32-26(35-37-28)20-9-5-2-6-10-20/h1-18H/q+3. The van der Waals surface area contributed by atoms with Crippen LogP contribution in [0.3, 0.4) is 0 Å². The summed E-state index contributed by atoms with van der Waals surface area (Å²) in [5.41, 5.74) is 6.85. The highest BCUT2D eigenvalue weighted by Crippen LogP contribution is 2.38. The van der Waals surface area contributed by atoms with Crippen molar-refractivity contribution in [3.05, 3.63) is 109 Å². The zero-order valence-electron chi connectivity index (χ0n) is 20.2. The molecule has 0 amide bonds. The molecule has 0 atom stereocenters. The Morgan fingerprint density at radius 2 is 0.615 bits per heavy atom. The molecule has 3 aromatic heterocycles. The van der Waals surface area contributed by atoms with Crippen molar-refractivity contribution in [2.75, 3.05) is 0 Å². The van der Waals surface area contributed by atoms with E-state index in [0.29, 0.717) is 0 Å². The maximum Gasteiger partial charge on any atom is 0.348 e. The van der Waals surface area contributed by atoms with Crippen LogP contribution in [0.2, 0.25) is 0 Å². The average Bonchev–Trinajstić information content (AvgIpc) is 3.80. The van der Waals surface area contributed by atoms with Gasteiger partial charge in [-0.15, -0.1) is 0 Å². The summed E-state index contributed by atoms with van der Waals surface area (Å²) in [6.07, 6.45) is 0. The van der Waals surface area contributed by atoms with Gasteiger partial charge in [0.05, 0.1) is 16.7 Å². The summed E-state index contributed by atoms with van der Waals surface area (Å²) in [5, 5.41) is 6.28. The quantitative estimate of drug-likeness (QED) is 0.138. The van der Waals surface area contributed by atoms with Crippen molar-refractivity contribution < 1.29 is 0 Å². The lowest BCUT2D eigenvalue weighted by Gasteiger charge is -1.96. The molecule has 0 unspecified atom stereocenters. The Morgan fingerprint density at radius 3 is 0.949 bits per heavy atom. The summed E-state index contributed by atoms with van der Waals surface area (Å²) in [5.74, 6) is 0. The van der Waals surface area contributed by atoms with Crippen LogP contribution < -0.4 is 0 Å². The van der Waals surface area contributed by atoms with Gasteiger partial charge in [-0.3, -0.25) is 0 Å². The highest BCUT2D eigenvalue weighted by molar-refractivity contribution is 7.72. The Morgan fingerprint density at radius 1 is 0.333 bits per heavy atom. The van der Waals surface area contributed by atoms with Gasteiger partial charge in [0.15, 0.2) is 46.0 Å². The fourth-order valence-electron chi connectivity index (χ4n) is 3.97. The largest absolute Gasteiger partial charge is 0.348 e. The molecule has 3 heterocycles. The Labute approximate surface area is 247 Å². The third-order valence-electron chi connectivity index (χ3n) is 6.01. The summed E-state index contributed by atoms with van der Waals surface area (Å²) >= 11 is 0. The second kappa shape index (κ2) is 11.1. The first-order valence-corrected chi connectivity index (χ1v) is 18.5. The topological polar surface area (TPSA) is 38.7 Å². The summed E-state index contributed by atoms with van der Waals surface area (Å²) in [6.45, 7) is 0. The van der Waals surface area contributed by atoms with Crippen LogP contribution in [-0.2, 0) is 0 Å². The summed E-state index contributed by atoms with van der Waals surface area (Å²) < 4.78 is 0. The normalized spacial score (nSPS) is 11.1. The third-order valence-corrected chi connectivity index (χ3v) is 12.8. The van der Waals surface area contributed by atoms with Gasteiger partial charge >= 0.3 is 46.0 Å². The van der Waals surface area contributed by atoms with E-state index in [0.717, 1.165) is 63.4 Å². The number of rotatable bonds is 6.